The van der Waals surface area contributed by atoms with E-state index in [0.717, 1.165) is 48.2 Å². The van der Waals surface area contributed by atoms with Gasteiger partial charge in [0.05, 0.1) is 0 Å². The molecule has 7 N–H and O–H groups in total. The van der Waals surface area contributed by atoms with Gasteiger partial charge in [-0.25, -0.2) is 0 Å². The molecule has 2 aromatic carbocycles. The van der Waals surface area contributed by atoms with Crippen molar-refractivity contribution in [3.05, 3.63) is 58.7 Å². The summed E-state index contributed by atoms with van der Waals surface area (Å²) in [7, 11) is 0. The number of nitrogens with two attached hydrogens (primary N) is 2. The summed E-state index contributed by atoms with van der Waals surface area (Å²) in [6.45, 7) is 3.00. The van der Waals surface area contributed by atoms with Crippen molar-refractivity contribution in [1.82, 2.24) is 9.80 Å². The van der Waals surface area contributed by atoms with Crippen molar-refractivity contribution < 1.29 is 19.4 Å². The van der Waals surface area contributed by atoms with Crippen LogP contribution < -0.4 is 20.9 Å². The standard InChI is InChI=1S/C26H34N6O4/c27-25(28)31-11-8-21(9-12-31)36-23-5-2-19(18(13-23)3-6-24(33)34)16-35-22-4-1-17-7-10-32(26(29)30)15-20(17)14-22/h1-2,4-5,13-14,21H,3,6-12,15-16H2,(H3,27,28)(H3,29,30)(H,33,34). The summed E-state index contributed by atoms with van der Waals surface area (Å²) in [5, 5.41) is 24.5. The Morgan fingerprint density at radius 3 is 2.36 bits per heavy atom. The van der Waals surface area contributed by atoms with Crippen LogP contribution in [0.1, 0.15) is 41.5 Å². The molecule has 0 saturated carbocycles. The minimum Gasteiger partial charge on any atom is -0.490 e. The van der Waals surface area contributed by atoms with Gasteiger partial charge in [0, 0.05) is 45.4 Å². The van der Waals surface area contributed by atoms with Gasteiger partial charge in [0.1, 0.15) is 24.2 Å². The number of carbonyl (C=O) groups is 1. The van der Waals surface area contributed by atoms with E-state index < -0.39 is 5.97 Å². The minimum atomic E-state index is -0.852. The Bertz CT molecular complexity index is 1130. The van der Waals surface area contributed by atoms with Crippen molar-refractivity contribution in [3.8, 4) is 11.5 Å². The number of nitrogens with one attached hydrogen (secondary N) is 2. The zero-order valence-electron chi connectivity index (χ0n) is 20.3. The van der Waals surface area contributed by atoms with E-state index in [1.807, 2.05) is 40.1 Å². The Labute approximate surface area is 210 Å². The first-order chi connectivity index (χ1) is 17.3. The first kappa shape index (κ1) is 25.2. The molecule has 0 radical (unpaired) electrons. The Hall–Kier alpha value is -3.95. The van der Waals surface area contributed by atoms with E-state index in [0.29, 0.717) is 38.4 Å². The molecule has 0 aromatic heterocycles. The van der Waals surface area contributed by atoms with E-state index in [2.05, 4.69) is 6.07 Å². The molecule has 10 heteroatoms. The first-order valence-electron chi connectivity index (χ1n) is 12.2. The number of ether oxygens (including phenoxy) is 2. The van der Waals surface area contributed by atoms with Gasteiger partial charge in [-0.1, -0.05) is 12.1 Å². The summed E-state index contributed by atoms with van der Waals surface area (Å²) in [6, 6.07) is 11.7. The van der Waals surface area contributed by atoms with Crippen LogP contribution in [0.4, 0.5) is 0 Å². The second kappa shape index (κ2) is 11.2. The summed E-state index contributed by atoms with van der Waals surface area (Å²) in [5.41, 5.74) is 15.4. The van der Waals surface area contributed by atoms with Crippen LogP contribution in [0.15, 0.2) is 36.4 Å². The minimum absolute atomic E-state index is 0.0210. The average molecular weight is 495 g/mol. The fourth-order valence-electron chi connectivity index (χ4n) is 4.69. The zero-order chi connectivity index (χ0) is 25.7. The Kier molecular flexibility index (Phi) is 7.82. The number of likely N-dealkylation sites (tertiary alicyclic amines) is 1. The Balaban J connectivity index is 1.43. The third kappa shape index (κ3) is 6.38. The monoisotopic (exact) mass is 494 g/mol. The van der Waals surface area contributed by atoms with Crippen LogP contribution in [-0.4, -0.2) is 58.5 Å². The van der Waals surface area contributed by atoms with E-state index in [9.17, 15) is 9.90 Å². The summed E-state index contributed by atoms with van der Waals surface area (Å²) in [6.07, 6.45) is 2.81. The molecular formula is C26H34N6O4. The maximum Gasteiger partial charge on any atom is 0.303 e. The lowest BCUT2D eigenvalue weighted by Crippen LogP contribution is -2.44. The van der Waals surface area contributed by atoms with E-state index in [-0.39, 0.29) is 24.4 Å². The third-order valence-electron chi connectivity index (χ3n) is 6.80. The number of benzene rings is 2. The number of carboxylic acid groups (broad SMARTS) is 1. The van der Waals surface area contributed by atoms with Crippen molar-refractivity contribution in [2.45, 2.75) is 51.4 Å². The molecule has 4 rings (SSSR count). The molecule has 0 amide bonds. The SMILES string of the molecule is N=C(N)N1CCC(Oc2ccc(COc3ccc4c(c3)CN(C(=N)N)CC4)c(CCC(=O)O)c2)CC1. The van der Waals surface area contributed by atoms with Gasteiger partial charge in [0.25, 0.3) is 0 Å². The molecule has 2 aliphatic rings. The summed E-state index contributed by atoms with van der Waals surface area (Å²) < 4.78 is 12.3. The molecule has 0 atom stereocenters. The normalized spacial score (nSPS) is 15.8. The number of piperidine rings is 1. The van der Waals surface area contributed by atoms with Gasteiger partial charge in [-0.05, 0) is 59.4 Å². The molecule has 2 aromatic rings. The van der Waals surface area contributed by atoms with Gasteiger partial charge in [0.15, 0.2) is 11.9 Å². The maximum atomic E-state index is 11.2. The van der Waals surface area contributed by atoms with Crippen LogP contribution in [0.3, 0.4) is 0 Å². The van der Waals surface area contributed by atoms with Gasteiger partial charge in [-0.3, -0.25) is 15.6 Å². The first-order valence-corrected chi connectivity index (χ1v) is 12.2. The number of guanidine groups is 2. The Morgan fingerprint density at radius 2 is 1.67 bits per heavy atom. The van der Waals surface area contributed by atoms with Crippen LogP contribution in [0.5, 0.6) is 11.5 Å². The molecule has 10 nitrogen and oxygen atoms in total. The number of aryl methyl sites for hydroxylation is 1. The number of hydrogen-bond acceptors (Lipinski definition) is 5. The second-order valence-corrected chi connectivity index (χ2v) is 9.29. The smallest absolute Gasteiger partial charge is 0.303 e. The van der Waals surface area contributed by atoms with Gasteiger partial charge in [-0.2, -0.15) is 0 Å². The largest absolute Gasteiger partial charge is 0.490 e. The molecule has 2 aliphatic heterocycles. The highest BCUT2D eigenvalue weighted by atomic mass is 16.5. The molecule has 192 valence electrons. The average Bonchev–Trinajstić information content (AvgIpc) is 2.86. The fourth-order valence-corrected chi connectivity index (χ4v) is 4.69. The molecule has 2 heterocycles. The molecular weight excluding hydrogens is 460 g/mol. The van der Waals surface area contributed by atoms with Crippen LogP contribution in [0.2, 0.25) is 0 Å². The van der Waals surface area contributed by atoms with Crippen LogP contribution in [0.25, 0.3) is 0 Å². The van der Waals surface area contributed by atoms with Crippen molar-refractivity contribution in [2.24, 2.45) is 11.5 Å². The number of aliphatic carboxylic acids is 1. The topological polar surface area (TPSA) is 162 Å². The lowest BCUT2D eigenvalue weighted by Gasteiger charge is -2.32. The van der Waals surface area contributed by atoms with Crippen LogP contribution in [0, 0.1) is 10.8 Å². The van der Waals surface area contributed by atoms with Crippen LogP contribution >= 0.6 is 0 Å². The lowest BCUT2D eigenvalue weighted by atomic mass is 9.99. The van der Waals surface area contributed by atoms with Crippen molar-refractivity contribution in [1.29, 1.82) is 10.8 Å². The van der Waals surface area contributed by atoms with E-state index in [1.165, 1.54) is 5.56 Å². The summed E-state index contributed by atoms with van der Waals surface area (Å²) in [4.78, 5) is 14.9. The van der Waals surface area contributed by atoms with Gasteiger partial charge < -0.3 is 35.8 Å². The molecule has 0 bridgehead atoms. The number of carboxylic acids is 1. The highest BCUT2D eigenvalue weighted by Gasteiger charge is 2.22. The zero-order valence-corrected chi connectivity index (χ0v) is 20.3. The third-order valence-corrected chi connectivity index (χ3v) is 6.80. The summed E-state index contributed by atoms with van der Waals surface area (Å²) >= 11 is 0. The molecule has 36 heavy (non-hydrogen) atoms. The molecule has 0 aliphatic carbocycles. The van der Waals surface area contributed by atoms with Gasteiger partial charge in [0.2, 0.25) is 0 Å². The fraction of sp³-hybridized carbons (Fsp3) is 0.423. The molecule has 1 saturated heterocycles. The maximum absolute atomic E-state index is 11.2. The predicted octanol–water partition coefficient (Wildman–Crippen LogP) is 2.27. The highest BCUT2D eigenvalue weighted by molar-refractivity contribution is 5.75. The quantitative estimate of drug-likeness (QED) is 0.276. The number of rotatable bonds is 8. The van der Waals surface area contributed by atoms with E-state index in [1.54, 1.807) is 0 Å². The van der Waals surface area contributed by atoms with Crippen molar-refractivity contribution in [3.63, 3.8) is 0 Å². The van der Waals surface area contributed by atoms with Crippen molar-refractivity contribution in [2.75, 3.05) is 19.6 Å². The predicted molar refractivity (Wildman–Crippen MR) is 136 cm³/mol. The molecule has 0 spiro atoms. The summed E-state index contributed by atoms with van der Waals surface area (Å²) in [5.74, 6) is 0.736. The van der Waals surface area contributed by atoms with Gasteiger partial charge in [-0.15, -0.1) is 0 Å². The van der Waals surface area contributed by atoms with Gasteiger partial charge >= 0.3 is 5.97 Å². The highest BCUT2D eigenvalue weighted by Crippen LogP contribution is 2.27. The Morgan fingerprint density at radius 1 is 0.944 bits per heavy atom. The van der Waals surface area contributed by atoms with Crippen LogP contribution in [-0.2, 0) is 30.8 Å². The molecule has 1 fully saturated rings. The molecule has 0 unspecified atom stereocenters. The van der Waals surface area contributed by atoms with E-state index >= 15 is 0 Å². The second-order valence-electron chi connectivity index (χ2n) is 9.29. The number of hydrogen-bond donors (Lipinski definition) is 5. The lowest BCUT2D eigenvalue weighted by molar-refractivity contribution is -0.136. The van der Waals surface area contributed by atoms with Crippen molar-refractivity contribution >= 4 is 17.9 Å². The van der Waals surface area contributed by atoms with E-state index in [4.69, 9.17) is 31.8 Å². The number of nitrogens with zero attached hydrogens (tertiary/aromatic N) is 2. The number of fused-ring (bicyclic) bond motifs is 1.